The summed E-state index contributed by atoms with van der Waals surface area (Å²) in [6.45, 7) is 5.41. The highest BCUT2D eigenvalue weighted by Crippen LogP contribution is 2.49. The molecule has 11 heteroatoms. The molecule has 3 aliphatic rings. The highest BCUT2D eigenvalue weighted by atomic mass is 16.7. The lowest BCUT2D eigenvalue weighted by molar-refractivity contribution is -0.195. The van der Waals surface area contributed by atoms with Crippen molar-refractivity contribution in [3.05, 3.63) is 120 Å². The van der Waals surface area contributed by atoms with Gasteiger partial charge in [-0.2, -0.15) is 4.99 Å². The van der Waals surface area contributed by atoms with Gasteiger partial charge in [-0.1, -0.05) is 105 Å². The van der Waals surface area contributed by atoms with Crippen LogP contribution in [-0.4, -0.2) is 52.4 Å². The van der Waals surface area contributed by atoms with E-state index in [1.807, 2.05) is 109 Å². The molecule has 1 aromatic heterocycles. The van der Waals surface area contributed by atoms with E-state index in [2.05, 4.69) is 10.6 Å². The number of hydrogen-bond acceptors (Lipinski definition) is 9. The average molecular weight is 638 g/mol. The second kappa shape index (κ2) is 13.8. The first-order valence-electron chi connectivity index (χ1n) is 15.9. The monoisotopic (exact) mass is 637 g/mol. The predicted octanol–water partition coefficient (Wildman–Crippen LogP) is 4.93. The van der Waals surface area contributed by atoms with Crippen LogP contribution in [0.4, 0.5) is 5.82 Å². The van der Waals surface area contributed by atoms with Crippen molar-refractivity contribution in [1.82, 2.24) is 20.2 Å². The van der Waals surface area contributed by atoms with E-state index in [0.29, 0.717) is 37.9 Å². The molecule has 0 spiro atoms. The maximum atomic E-state index is 12.7. The van der Waals surface area contributed by atoms with Gasteiger partial charge in [0.15, 0.2) is 18.3 Å². The van der Waals surface area contributed by atoms with Crippen LogP contribution in [0.25, 0.3) is 0 Å². The van der Waals surface area contributed by atoms with Gasteiger partial charge in [0.25, 0.3) is 0 Å². The van der Waals surface area contributed by atoms with Crippen LogP contribution in [0.1, 0.15) is 48.7 Å². The first kappa shape index (κ1) is 31.2. The van der Waals surface area contributed by atoms with Crippen molar-refractivity contribution in [1.29, 1.82) is 0 Å². The zero-order chi connectivity index (χ0) is 32.2. The third kappa shape index (κ3) is 6.71. The maximum Gasteiger partial charge on any atom is 0.229 e. The highest BCUT2D eigenvalue weighted by Gasteiger charge is 2.63. The molecule has 47 heavy (non-hydrogen) atoms. The molecule has 5 atom stereocenters. The quantitative estimate of drug-likeness (QED) is 0.225. The lowest BCUT2D eigenvalue weighted by Gasteiger charge is -2.32. The standard InChI is InChI=1S/C36H39N5O6/c1-24(2)32(42)39-35-38-31-28(33(40-35)45-20-27-16-10-5-11-17-27)37-23-41(31)34-29-30(44-19-26-14-8-4-9-15-26)36(47-34,22-46-29)21-43-18-25-12-6-3-7-13-25/h3-17,23-24,29-30,33-34H,18-22H2,1-2H3,(H2,38,39,40,42)/t29?,30?,33?,34-,36+/m1/s1. The van der Waals surface area contributed by atoms with E-state index < -0.39 is 30.3 Å². The molecular formula is C36H39N5O6. The van der Waals surface area contributed by atoms with E-state index in [9.17, 15) is 4.79 Å². The third-order valence-electron chi connectivity index (χ3n) is 8.53. The van der Waals surface area contributed by atoms with Crippen LogP contribution in [0.15, 0.2) is 102 Å². The minimum Gasteiger partial charge on any atom is -0.374 e. The average Bonchev–Trinajstić information content (AvgIpc) is 3.77. The Morgan fingerprint density at radius 3 is 2.19 bits per heavy atom. The Hall–Kier alpha value is -4.39. The van der Waals surface area contributed by atoms with Crippen molar-refractivity contribution in [3.63, 3.8) is 0 Å². The van der Waals surface area contributed by atoms with Crippen LogP contribution in [0.5, 0.6) is 0 Å². The number of carbonyl (C=O) groups excluding carboxylic acids is 1. The predicted molar refractivity (Wildman–Crippen MR) is 173 cm³/mol. The molecule has 2 N–H and O–H groups in total. The first-order valence-corrected chi connectivity index (χ1v) is 15.9. The van der Waals surface area contributed by atoms with E-state index in [4.69, 9.17) is 33.7 Å². The normalized spacial score (nSPS) is 24.5. The van der Waals surface area contributed by atoms with E-state index in [1.165, 1.54) is 0 Å². The van der Waals surface area contributed by atoms with Gasteiger partial charge in [0, 0.05) is 5.92 Å². The second-order valence-corrected chi connectivity index (χ2v) is 12.3. The van der Waals surface area contributed by atoms with Crippen LogP contribution in [0.3, 0.4) is 0 Å². The Balaban J connectivity index is 1.17. The highest BCUT2D eigenvalue weighted by molar-refractivity contribution is 5.99. The van der Waals surface area contributed by atoms with Crippen LogP contribution in [0.2, 0.25) is 0 Å². The summed E-state index contributed by atoms with van der Waals surface area (Å²) in [5.74, 6) is 0.369. The first-order chi connectivity index (χ1) is 23.0. The maximum absolute atomic E-state index is 12.7. The van der Waals surface area contributed by atoms with E-state index >= 15 is 0 Å². The zero-order valence-electron chi connectivity index (χ0n) is 26.5. The van der Waals surface area contributed by atoms with Crippen LogP contribution in [0, 0.1) is 5.92 Å². The summed E-state index contributed by atoms with van der Waals surface area (Å²) in [6, 6.07) is 29.9. The molecule has 0 saturated carbocycles. The van der Waals surface area contributed by atoms with E-state index in [-0.39, 0.29) is 24.4 Å². The summed E-state index contributed by atoms with van der Waals surface area (Å²) < 4.78 is 34.2. The number of imidazole rings is 1. The smallest absolute Gasteiger partial charge is 0.229 e. The van der Waals surface area contributed by atoms with Gasteiger partial charge in [0.05, 0.1) is 39.4 Å². The summed E-state index contributed by atoms with van der Waals surface area (Å²) in [5, 5.41) is 6.09. The Morgan fingerprint density at radius 2 is 1.55 bits per heavy atom. The van der Waals surface area contributed by atoms with Crippen LogP contribution >= 0.6 is 0 Å². The zero-order valence-corrected chi connectivity index (χ0v) is 26.5. The van der Waals surface area contributed by atoms with Gasteiger partial charge in [0.2, 0.25) is 11.9 Å². The summed E-state index contributed by atoms with van der Waals surface area (Å²) in [7, 11) is 0. The number of aromatic nitrogens is 2. The number of benzene rings is 3. The molecular weight excluding hydrogens is 598 g/mol. The van der Waals surface area contributed by atoms with Crippen LogP contribution in [-0.2, 0) is 48.3 Å². The number of rotatable bonds is 12. The number of carbonyl (C=O) groups is 1. The molecule has 2 saturated heterocycles. The Bertz CT molecular complexity index is 1680. The molecule has 11 nitrogen and oxygen atoms in total. The van der Waals surface area contributed by atoms with Crippen molar-refractivity contribution < 1.29 is 28.5 Å². The fraction of sp³-hybridized carbons (Fsp3) is 0.361. The van der Waals surface area contributed by atoms with Gasteiger partial charge < -0.3 is 29.0 Å². The van der Waals surface area contributed by atoms with Crippen LogP contribution < -0.4 is 10.6 Å². The van der Waals surface area contributed by atoms with E-state index in [1.54, 1.807) is 6.33 Å². The molecule has 3 aliphatic heterocycles. The molecule has 3 aromatic carbocycles. The summed E-state index contributed by atoms with van der Waals surface area (Å²) in [6.07, 6.45) is -0.472. The van der Waals surface area contributed by atoms with Crippen molar-refractivity contribution in [2.45, 2.75) is 63.9 Å². The number of nitrogens with zero attached hydrogens (tertiary/aromatic N) is 3. The van der Waals surface area contributed by atoms with Crippen molar-refractivity contribution >= 4 is 17.7 Å². The molecule has 2 bridgehead atoms. The fourth-order valence-corrected chi connectivity index (χ4v) is 6.03. The van der Waals surface area contributed by atoms with Crippen molar-refractivity contribution in [3.8, 4) is 0 Å². The minimum atomic E-state index is -0.857. The fourth-order valence-electron chi connectivity index (χ4n) is 6.03. The lowest BCUT2D eigenvalue weighted by atomic mass is 10.00. The molecule has 244 valence electrons. The number of ether oxygens (including phenoxy) is 5. The topological polar surface area (TPSA) is 117 Å². The molecule has 3 unspecified atom stereocenters. The van der Waals surface area contributed by atoms with Gasteiger partial charge in [-0.25, -0.2) is 4.98 Å². The van der Waals surface area contributed by atoms with Gasteiger partial charge in [0.1, 0.15) is 23.5 Å². The number of amides is 1. The van der Waals surface area contributed by atoms with E-state index in [0.717, 1.165) is 16.7 Å². The molecule has 1 amide bonds. The van der Waals surface area contributed by atoms with Crippen molar-refractivity contribution in [2.24, 2.45) is 10.9 Å². The summed E-state index contributed by atoms with van der Waals surface area (Å²) in [5.41, 5.74) is 2.84. The Labute approximate surface area is 273 Å². The lowest BCUT2D eigenvalue weighted by Crippen LogP contribution is -2.46. The van der Waals surface area contributed by atoms with Gasteiger partial charge >= 0.3 is 0 Å². The van der Waals surface area contributed by atoms with Gasteiger partial charge in [-0.3, -0.25) is 14.7 Å². The number of aliphatic imine (C=N–C) groups is 1. The summed E-state index contributed by atoms with van der Waals surface area (Å²) >= 11 is 0. The van der Waals surface area contributed by atoms with Crippen molar-refractivity contribution in [2.75, 3.05) is 13.2 Å². The van der Waals surface area contributed by atoms with Gasteiger partial charge in [-0.15, -0.1) is 0 Å². The SMILES string of the molecule is CC(C)C(=O)NC1=Nc2c(ncn2[C@@H]2O[C@@]3(COCc4ccccc4)COC2C3OCc2ccccc2)C(OCc2ccccc2)N1. The Kier molecular flexibility index (Phi) is 9.14. The number of fused-ring (bicyclic) bond motifs is 3. The third-order valence-corrected chi connectivity index (χ3v) is 8.53. The summed E-state index contributed by atoms with van der Waals surface area (Å²) in [4.78, 5) is 22.2. The Morgan fingerprint density at radius 1 is 0.936 bits per heavy atom. The molecule has 0 aliphatic carbocycles. The largest absolute Gasteiger partial charge is 0.374 e. The number of nitrogens with one attached hydrogen (secondary N) is 2. The van der Waals surface area contributed by atoms with Gasteiger partial charge in [-0.05, 0) is 16.7 Å². The second-order valence-electron chi connectivity index (χ2n) is 12.3. The molecule has 0 radical (unpaired) electrons. The number of hydrogen-bond donors (Lipinski definition) is 2. The molecule has 7 rings (SSSR count). The minimum absolute atomic E-state index is 0.170. The number of guanidine groups is 1. The molecule has 2 fully saturated rings. The molecule has 4 aromatic rings. The molecule has 4 heterocycles.